The molecular weight excluding hydrogens is 320 g/mol. The van der Waals surface area contributed by atoms with Crippen molar-refractivity contribution in [1.29, 1.82) is 0 Å². The van der Waals surface area contributed by atoms with Crippen LogP contribution in [0.25, 0.3) is 0 Å². The van der Waals surface area contributed by atoms with Gasteiger partial charge in [-0.25, -0.2) is 0 Å². The van der Waals surface area contributed by atoms with Crippen molar-refractivity contribution in [3.05, 3.63) is 35.9 Å². The summed E-state index contributed by atoms with van der Waals surface area (Å²) >= 11 is 0. The molecule has 0 saturated carbocycles. The Kier molecular flexibility index (Phi) is 27.6. The zero-order valence-electron chi connectivity index (χ0n) is 17.3. The first-order valence-corrected chi connectivity index (χ1v) is 10.6. The maximum atomic E-state index is 4.90. The van der Waals surface area contributed by atoms with Crippen LogP contribution in [0.3, 0.4) is 0 Å². The van der Waals surface area contributed by atoms with Crippen molar-refractivity contribution >= 4 is 0 Å². The summed E-state index contributed by atoms with van der Waals surface area (Å²) in [5, 5.41) is 0. The van der Waals surface area contributed by atoms with Crippen LogP contribution in [0.4, 0.5) is 0 Å². The van der Waals surface area contributed by atoms with Gasteiger partial charge in [0.05, 0.1) is 0 Å². The third kappa shape index (κ3) is 25.3. The molecule has 0 spiro atoms. The van der Waals surface area contributed by atoms with E-state index in [1.807, 2.05) is 0 Å². The van der Waals surface area contributed by atoms with Crippen LogP contribution in [0, 0.1) is 0 Å². The quantitative estimate of drug-likeness (QED) is 0.397. The molecule has 0 bridgehead atoms. The molecule has 0 atom stereocenters. The Morgan fingerprint density at radius 1 is 0.538 bits per heavy atom. The third-order valence-corrected chi connectivity index (χ3v) is 4.00. The van der Waals surface area contributed by atoms with Crippen molar-refractivity contribution in [3.8, 4) is 0 Å². The molecule has 154 valence electrons. The predicted octanol–water partition coefficient (Wildman–Crippen LogP) is 3.96. The van der Waals surface area contributed by atoms with Gasteiger partial charge in [-0.05, 0) is 18.4 Å². The lowest BCUT2D eigenvalue weighted by Gasteiger charge is -2.03. The molecule has 0 saturated heterocycles. The summed E-state index contributed by atoms with van der Waals surface area (Å²) < 4.78 is 0. The molecule has 26 heavy (non-hydrogen) atoms. The third-order valence-electron chi connectivity index (χ3n) is 4.00. The topological polar surface area (TPSA) is 104 Å². The van der Waals surface area contributed by atoms with E-state index in [2.05, 4.69) is 37.3 Å². The van der Waals surface area contributed by atoms with Crippen LogP contribution in [0.1, 0.15) is 76.7 Å². The fraction of sp³-hybridized carbons (Fsp3) is 0.727. The van der Waals surface area contributed by atoms with E-state index in [4.69, 9.17) is 22.9 Å². The molecule has 8 N–H and O–H groups in total. The number of hydrogen-bond acceptors (Lipinski definition) is 4. The molecule has 4 heteroatoms. The smallest absolute Gasteiger partial charge is 0.00461 e. The first-order valence-electron chi connectivity index (χ1n) is 10.6. The Hall–Kier alpha value is -0.940. The minimum atomic E-state index is 0.597. The second-order valence-corrected chi connectivity index (χ2v) is 6.57. The summed E-state index contributed by atoms with van der Waals surface area (Å²) in [6.07, 6.45) is 15.5. The highest BCUT2D eigenvalue weighted by molar-refractivity contribution is 5.14. The highest BCUT2D eigenvalue weighted by Gasteiger charge is 1.94. The Balaban J connectivity index is 0. The number of hydrogen-bond donors (Lipinski definition) is 4. The molecule has 0 aliphatic heterocycles. The summed E-state index contributed by atoms with van der Waals surface area (Å²) in [7, 11) is 0. The zero-order chi connectivity index (χ0) is 19.7. The molecule has 0 unspecified atom stereocenters. The molecule has 0 aliphatic rings. The monoisotopic (exact) mass is 366 g/mol. The molecule has 1 aromatic carbocycles. The van der Waals surface area contributed by atoms with Gasteiger partial charge in [0.2, 0.25) is 0 Å². The lowest BCUT2D eigenvalue weighted by Crippen LogP contribution is -2.11. The molecule has 0 heterocycles. The minimum Gasteiger partial charge on any atom is -0.329 e. The van der Waals surface area contributed by atoms with Crippen LogP contribution in [-0.2, 0) is 6.42 Å². The van der Waals surface area contributed by atoms with E-state index in [0.717, 1.165) is 0 Å². The van der Waals surface area contributed by atoms with Crippen molar-refractivity contribution < 1.29 is 0 Å². The van der Waals surface area contributed by atoms with Gasteiger partial charge >= 0.3 is 0 Å². The lowest BCUT2D eigenvalue weighted by atomic mass is 10.0. The molecule has 0 amide bonds. The van der Waals surface area contributed by atoms with Crippen molar-refractivity contribution in [2.75, 3.05) is 26.2 Å². The highest BCUT2D eigenvalue weighted by Crippen LogP contribution is 2.12. The Labute approximate surface area is 163 Å². The largest absolute Gasteiger partial charge is 0.329 e. The molecule has 0 aliphatic carbocycles. The number of benzene rings is 1. The Morgan fingerprint density at radius 3 is 1.31 bits per heavy atom. The van der Waals surface area contributed by atoms with Gasteiger partial charge in [-0.3, -0.25) is 0 Å². The van der Waals surface area contributed by atoms with E-state index >= 15 is 0 Å². The Morgan fingerprint density at radius 2 is 0.923 bits per heavy atom. The number of unbranched alkanes of at least 4 members (excludes halogenated alkanes) is 9. The standard InChI is InChI=1S/C18H30.2C2H8N2/c1-2-3-4-5-6-7-8-9-10-12-15-18-16-13-11-14-17-18;2*3-1-2-4/h11,13-14,16-17H,2-10,12,15H2,1H3;2*1-4H2. The predicted molar refractivity (Wildman–Crippen MR) is 118 cm³/mol. The van der Waals surface area contributed by atoms with E-state index < -0.39 is 0 Å². The molecule has 0 aromatic heterocycles. The van der Waals surface area contributed by atoms with Crippen LogP contribution in [-0.4, -0.2) is 26.2 Å². The van der Waals surface area contributed by atoms with Gasteiger partial charge in [0.25, 0.3) is 0 Å². The maximum absolute atomic E-state index is 4.90. The lowest BCUT2D eigenvalue weighted by molar-refractivity contribution is 0.556. The van der Waals surface area contributed by atoms with Crippen LogP contribution in [0.5, 0.6) is 0 Å². The SMILES string of the molecule is CCCCCCCCCCCCc1ccccc1.NCCN.NCCN. The summed E-state index contributed by atoms with van der Waals surface area (Å²) in [4.78, 5) is 0. The number of aryl methyl sites for hydroxylation is 1. The summed E-state index contributed by atoms with van der Waals surface area (Å²) in [5.41, 5.74) is 21.1. The average Bonchev–Trinajstić information content (AvgIpc) is 2.70. The first kappa shape index (κ1) is 27.3. The van der Waals surface area contributed by atoms with Crippen LogP contribution >= 0.6 is 0 Å². The second-order valence-electron chi connectivity index (χ2n) is 6.57. The van der Waals surface area contributed by atoms with E-state index in [-0.39, 0.29) is 0 Å². The fourth-order valence-electron chi connectivity index (χ4n) is 2.46. The van der Waals surface area contributed by atoms with Crippen LogP contribution in [0.15, 0.2) is 30.3 Å². The first-order chi connectivity index (χ1) is 12.8. The van der Waals surface area contributed by atoms with Crippen molar-refractivity contribution in [2.24, 2.45) is 22.9 Å². The van der Waals surface area contributed by atoms with Crippen LogP contribution < -0.4 is 22.9 Å². The number of rotatable bonds is 13. The second kappa shape index (κ2) is 26.3. The Bertz CT molecular complexity index is 322. The van der Waals surface area contributed by atoms with Crippen LogP contribution in [0.2, 0.25) is 0 Å². The van der Waals surface area contributed by atoms with Gasteiger partial charge in [0.15, 0.2) is 0 Å². The molecule has 1 rings (SSSR count). The average molecular weight is 367 g/mol. The van der Waals surface area contributed by atoms with Crippen molar-refractivity contribution in [2.45, 2.75) is 77.6 Å². The van der Waals surface area contributed by atoms with E-state index in [0.29, 0.717) is 26.2 Å². The zero-order valence-corrected chi connectivity index (χ0v) is 17.3. The molecular formula is C22H46N4. The molecule has 4 nitrogen and oxygen atoms in total. The summed E-state index contributed by atoms with van der Waals surface area (Å²) in [6.45, 7) is 4.67. The normalized spacial score (nSPS) is 9.73. The van der Waals surface area contributed by atoms with Crippen molar-refractivity contribution in [3.63, 3.8) is 0 Å². The van der Waals surface area contributed by atoms with Gasteiger partial charge in [-0.1, -0.05) is 95.0 Å². The van der Waals surface area contributed by atoms with Gasteiger partial charge in [0.1, 0.15) is 0 Å². The van der Waals surface area contributed by atoms with E-state index in [1.165, 1.54) is 76.2 Å². The molecule has 0 radical (unpaired) electrons. The fourth-order valence-corrected chi connectivity index (χ4v) is 2.46. The minimum absolute atomic E-state index is 0.597. The highest BCUT2D eigenvalue weighted by atomic mass is 14.6. The van der Waals surface area contributed by atoms with Gasteiger partial charge < -0.3 is 22.9 Å². The maximum Gasteiger partial charge on any atom is 0.00461 e. The molecule has 1 aromatic rings. The van der Waals surface area contributed by atoms with E-state index in [1.54, 1.807) is 0 Å². The van der Waals surface area contributed by atoms with E-state index in [9.17, 15) is 0 Å². The number of nitrogens with two attached hydrogens (primary N) is 4. The molecule has 0 fully saturated rings. The van der Waals surface area contributed by atoms with Gasteiger partial charge in [-0.2, -0.15) is 0 Å². The van der Waals surface area contributed by atoms with Gasteiger partial charge in [0, 0.05) is 26.2 Å². The summed E-state index contributed by atoms with van der Waals surface area (Å²) in [6, 6.07) is 10.9. The van der Waals surface area contributed by atoms with Crippen molar-refractivity contribution in [1.82, 2.24) is 0 Å². The van der Waals surface area contributed by atoms with Gasteiger partial charge in [-0.15, -0.1) is 0 Å². The summed E-state index contributed by atoms with van der Waals surface area (Å²) in [5.74, 6) is 0.